The maximum absolute atomic E-state index is 11.5. The Morgan fingerprint density at radius 3 is 2.04 bits per heavy atom. The molecule has 1 aliphatic heterocycles. The summed E-state index contributed by atoms with van der Waals surface area (Å²) in [6.45, 7) is 1.98. The van der Waals surface area contributed by atoms with Gasteiger partial charge in [0.25, 0.3) is 0 Å². The molecule has 0 radical (unpaired) electrons. The number of nitrogens with zero attached hydrogens (tertiary/aromatic N) is 2. The molecule has 0 aromatic heterocycles. The minimum absolute atomic E-state index is 0.433. The summed E-state index contributed by atoms with van der Waals surface area (Å²) < 4.78 is 35.0. The van der Waals surface area contributed by atoms with Crippen LogP contribution in [-0.2, 0) is 10.0 Å². The van der Waals surface area contributed by atoms with Gasteiger partial charge in [-0.25, -0.2) is 8.42 Å². The van der Waals surface area contributed by atoms with Crippen molar-refractivity contribution in [2.24, 2.45) is 0 Å². The van der Waals surface area contributed by atoms with Crippen LogP contribution in [0.4, 0.5) is 5.69 Å². The van der Waals surface area contributed by atoms with E-state index < -0.39 is 10.0 Å². The molecule has 128 valence electrons. The van der Waals surface area contributed by atoms with Crippen LogP contribution in [0, 0.1) is 0 Å². The molecule has 1 aromatic carbocycles. The number of ether oxygens (including phenoxy) is 2. The number of anilines is 1. The van der Waals surface area contributed by atoms with E-state index in [1.807, 2.05) is 17.0 Å². The molecule has 1 aromatic rings. The highest BCUT2D eigenvalue weighted by molar-refractivity contribution is 7.88. The van der Waals surface area contributed by atoms with Gasteiger partial charge >= 0.3 is 0 Å². The van der Waals surface area contributed by atoms with Gasteiger partial charge in [0.2, 0.25) is 10.0 Å². The van der Waals surface area contributed by atoms with Gasteiger partial charge in [0.15, 0.2) is 5.11 Å². The highest BCUT2D eigenvalue weighted by Gasteiger charge is 2.24. The van der Waals surface area contributed by atoms with Gasteiger partial charge in [0, 0.05) is 50.1 Å². The van der Waals surface area contributed by atoms with Crippen LogP contribution in [0.25, 0.3) is 0 Å². The number of piperazine rings is 1. The second-order valence-electron chi connectivity index (χ2n) is 5.18. The highest BCUT2D eigenvalue weighted by atomic mass is 32.2. The molecule has 0 bridgehead atoms. The fraction of sp³-hybridized carbons (Fsp3) is 0.500. The quantitative estimate of drug-likeness (QED) is 0.804. The Balaban J connectivity index is 2.00. The molecule has 0 saturated carbocycles. The Kier molecular flexibility index (Phi) is 5.66. The van der Waals surface area contributed by atoms with Gasteiger partial charge in [-0.15, -0.1) is 0 Å². The minimum atomic E-state index is -3.14. The van der Waals surface area contributed by atoms with Crippen LogP contribution in [0.2, 0.25) is 0 Å². The molecule has 1 aliphatic rings. The summed E-state index contributed by atoms with van der Waals surface area (Å²) in [6.07, 6.45) is 1.22. The van der Waals surface area contributed by atoms with E-state index in [1.165, 1.54) is 10.6 Å². The first-order valence-corrected chi connectivity index (χ1v) is 9.33. The Morgan fingerprint density at radius 2 is 1.61 bits per heavy atom. The van der Waals surface area contributed by atoms with Crippen molar-refractivity contribution in [2.75, 3.05) is 52.0 Å². The third-order valence-corrected chi connectivity index (χ3v) is 5.26. The average molecular weight is 359 g/mol. The van der Waals surface area contributed by atoms with Crippen molar-refractivity contribution in [3.05, 3.63) is 18.2 Å². The number of hydrogen-bond acceptors (Lipinski definition) is 5. The van der Waals surface area contributed by atoms with Gasteiger partial charge in [-0.2, -0.15) is 4.31 Å². The molecule has 0 atom stereocenters. The second kappa shape index (κ2) is 7.33. The third-order valence-electron chi connectivity index (χ3n) is 3.60. The highest BCUT2D eigenvalue weighted by Crippen LogP contribution is 2.26. The van der Waals surface area contributed by atoms with Crippen molar-refractivity contribution in [1.29, 1.82) is 0 Å². The summed E-state index contributed by atoms with van der Waals surface area (Å²) in [5.74, 6) is 1.33. The van der Waals surface area contributed by atoms with E-state index in [-0.39, 0.29) is 0 Å². The summed E-state index contributed by atoms with van der Waals surface area (Å²) in [5, 5.41) is 3.69. The summed E-state index contributed by atoms with van der Waals surface area (Å²) in [6, 6.07) is 5.42. The van der Waals surface area contributed by atoms with Gasteiger partial charge in [0.05, 0.1) is 20.5 Å². The number of rotatable bonds is 4. The lowest BCUT2D eigenvalue weighted by molar-refractivity contribution is 0.270. The molecule has 1 saturated heterocycles. The first-order valence-electron chi connectivity index (χ1n) is 7.07. The van der Waals surface area contributed by atoms with Gasteiger partial charge in [-0.3, -0.25) is 0 Å². The number of methoxy groups -OCH3 is 2. The molecule has 1 fully saturated rings. The van der Waals surface area contributed by atoms with Gasteiger partial charge in [0.1, 0.15) is 11.5 Å². The predicted octanol–water partition coefficient (Wildman–Crippen LogP) is 0.978. The molecule has 2 rings (SSSR count). The molecule has 9 heteroatoms. The van der Waals surface area contributed by atoms with Crippen LogP contribution in [0.1, 0.15) is 0 Å². The van der Waals surface area contributed by atoms with Crippen molar-refractivity contribution in [2.45, 2.75) is 0 Å². The summed E-state index contributed by atoms with van der Waals surface area (Å²) in [4.78, 5) is 1.95. The molecule has 1 heterocycles. The molecule has 7 nitrogen and oxygen atoms in total. The van der Waals surface area contributed by atoms with Gasteiger partial charge < -0.3 is 19.7 Å². The maximum atomic E-state index is 11.5. The molecule has 0 spiro atoms. The Labute approximate surface area is 142 Å². The average Bonchev–Trinajstić information content (AvgIpc) is 2.53. The lowest BCUT2D eigenvalue weighted by Crippen LogP contribution is -2.51. The lowest BCUT2D eigenvalue weighted by atomic mass is 10.2. The van der Waals surface area contributed by atoms with Crippen LogP contribution in [-0.4, -0.2) is 69.4 Å². The zero-order valence-electron chi connectivity index (χ0n) is 13.4. The molecule has 1 N–H and O–H groups in total. The zero-order valence-corrected chi connectivity index (χ0v) is 15.0. The fourth-order valence-corrected chi connectivity index (χ4v) is 3.43. The summed E-state index contributed by atoms with van der Waals surface area (Å²) >= 11 is 5.41. The topological polar surface area (TPSA) is 71.1 Å². The lowest BCUT2D eigenvalue weighted by Gasteiger charge is -2.34. The number of hydrogen-bond donors (Lipinski definition) is 1. The number of sulfonamides is 1. The van der Waals surface area contributed by atoms with Crippen molar-refractivity contribution in [1.82, 2.24) is 9.21 Å². The van der Waals surface area contributed by atoms with Crippen LogP contribution in [0.15, 0.2) is 18.2 Å². The smallest absolute Gasteiger partial charge is 0.211 e. The van der Waals surface area contributed by atoms with Crippen molar-refractivity contribution in [3.63, 3.8) is 0 Å². The minimum Gasteiger partial charge on any atom is -0.497 e. The number of benzene rings is 1. The number of nitrogens with one attached hydrogen (secondary N) is 1. The van der Waals surface area contributed by atoms with Crippen LogP contribution in [0.5, 0.6) is 11.5 Å². The van der Waals surface area contributed by atoms with E-state index in [2.05, 4.69) is 5.32 Å². The van der Waals surface area contributed by atoms with E-state index in [0.717, 1.165) is 5.69 Å². The molecule has 0 unspecified atom stereocenters. The fourth-order valence-electron chi connectivity index (χ4n) is 2.30. The van der Waals surface area contributed by atoms with Crippen molar-refractivity contribution in [3.8, 4) is 11.5 Å². The van der Waals surface area contributed by atoms with Gasteiger partial charge in [-0.1, -0.05) is 0 Å². The van der Waals surface area contributed by atoms with E-state index in [9.17, 15) is 8.42 Å². The summed E-state index contributed by atoms with van der Waals surface area (Å²) in [7, 11) is 0.0272. The molecule has 23 heavy (non-hydrogen) atoms. The van der Waals surface area contributed by atoms with E-state index in [4.69, 9.17) is 21.7 Å². The van der Waals surface area contributed by atoms with Crippen molar-refractivity contribution < 1.29 is 17.9 Å². The molecule has 0 aliphatic carbocycles. The van der Waals surface area contributed by atoms with Crippen LogP contribution < -0.4 is 14.8 Å². The van der Waals surface area contributed by atoms with Crippen LogP contribution >= 0.6 is 12.2 Å². The van der Waals surface area contributed by atoms with Crippen LogP contribution in [0.3, 0.4) is 0 Å². The standard InChI is InChI=1S/C14H21N3O4S2/c1-20-12-8-11(9-13(10-12)21-2)15-14(22)16-4-6-17(7-5-16)23(3,18)19/h8-10H,4-7H2,1-3H3,(H,15,22). The zero-order chi connectivity index (χ0) is 17.0. The molecule has 0 amide bonds. The third kappa shape index (κ3) is 4.69. The Bertz CT molecular complexity index is 648. The first-order chi connectivity index (χ1) is 10.8. The Hall–Kier alpha value is -1.58. The maximum Gasteiger partial charge on any atom is 0.211 e. The number of thiocarbonyl (C=S) groups is 1. The van der Waals surface area contributed by atoms with E-state index in [1.54, 1.807) is 20.3 Å². The normalized spacial score (nSPS) is 16.0. The second-order valence-corrected chi connectivity index (χ2v) is 7.55. The monoisotopic (exact) mass is 359 g/mol. The first kappa shape index (κ1) is 17.8. The molecular weight excluding hydrogens is 338 g/mol. The largest absolute Gasteiger partial charge is 0.497 e. The van der Waals surface area contributed by atoms with E-state index >= 15 is 0 Å². The summed E-state index contributed by atoms with van der Waals surface area (Å²) in [5.41, 5.74) is 0.761. The predicted molar refractivity (Wildman–Crippen MR) is 93.8 cm³/mol. The van der Waals surface area contributed by atoms with E-state index in [0.29, 0.717) is 42.8 Å². The van der Waals surface area contributed by atoms with Crippen molar-refractivity contribution >= 4 is 33.0 Å². The van der Waals surface area contributed by atoms with Gasteiger partial charge in [-0.05, 0) is 12.2 Å². The SMILES string of the molecule is COc1cc(NC(=S)N2CCN(S(C)(=O)=O)CC2)cc(OC)c1. The molecular formula is C14H21N3O4S2. The Morgan fingerprint density at radius 1 is 1.09 bits per heavy atom.